The van der Waals surface area contributed by atoms with Crippen LogP contribution in [0.4, 0.5) is 10.8 Å². The highest BCUT2D eigenvalue weighted by Crippen LogP contribution is 2.26. The van der Waals surface area contributed by atoms with Crippen molar-refractivity contribution in [2.24, 2.45) is 0 Å². The van der Waals surface area contributed by atoms with Crippen LogP contribution in [0.15, 0.2) is 24.3 Å². The zero-order chi connectivity index (χ0) is 10.8. The van der Waals surface area contributed by atoms with Crippen LogP contribution in [0.5, 0.6) is 0 Å². The fourth-order valence-electron chi connectivity index (χ4n) is 1.17. The van der Waals surface area contributed by atoms with Crippen LogP contribution in [0, 0.1) is 0 Å². The van der Waals surface area contributed by atoms with E-state index in [0.29, 0.717) is 5.13 Å². The van der Waals surface area contributed by atoms with Gasteiger partial charge in [-0.1, -0.05) is 11.3 Å². The van der Waals surface area contributed by atoms with Crippen molar-refractivity contribution < 1.29 is 5.21 Å². The van der Waals surface area contributed by atoms with Crippen molar-refractivity contribution >= 4 is 22.2 Å². The molecule has 0 saturated heterocycles. The number of hydroxylamine groups is 1. The maximum absolute atomic E-state index is 9.18. The Morgan fingerprint density at radius 3 is 2.40 bits per heavy atom. The number of anilines is 2. The maximum atomic E-state index is 9.18. The van der Waals surface area contributed by atoms with Crippen LogP contribution >= 0.6 is 11.3 Å². The van der Waals surface area contributed by atoms with Gasteiger partial charge >= 0.3 is 0 Å². The summed E-state index contributed by atoms with van der Waals surface area (Å²) < 4.78 is 0. The highest BCUT2D eigenvalue weighted by Gasteiger charge is 2.04. The molecular weight excluding hydrogens is 212 g/mol. The van der Waals surface area contributed by atoms with Gasteiger partial charge in [0.15, 0.2) is 0 Å². The second-order valence-corrected chi connectivity index (χ2v) is 4.03. The first-order chi connectivity index (χ1) is 7.16. The first kappa shape index (κ1) is 9.88. The van der Waals surface area contributed by atoms with E-state index >= 15 is 0 Å². The van der Waals surface area contributed by atoms with Crippen LogP contribution < -0.4 is 10.8 Å². The standard InChI is InChI=1S/C9H10N4OS/c1-13(14)7-4-2-6(3-5-7)8-11-12-9(10)15-8/h2-5,14H,1H3,(H2,10,12). The highest BCUT2D eigenvalue weighted by molar-refractivity contribution is 7.18. The third kappa shape index (κ3) is 2.05. The molecule has 0 unspecified atom stereocenters. The Morgan fingerprint density at radius 2 is 1.93 bits per heavy atom. The molecule has 3 N–H and O–H groups in total. The van der Waals surface area contributed by atoms with E-state index < -0.39 is 0 Å². The van der Waals surface area contributed by atoms with Crippen molar-refractivity contribution in [1.82, 2.24) is 10.2 Å². The molecule has 0 aliphatic rings. The van der Waals surface area contributed by atoms with Gasteiger partial charge in [0, 0.05) is 12.6 Å². The molecule has 0 saturated carbocycles. The summed E-state index contributed by atoms with van der Waals surface area (Å²) in [5, 5.41) is 19.1. The van der Waals surface area contributed by atoms with Crippen molar-refractivity contribution in [1.29, 1.82) is 0 Å². The van der Waals surface area contributed by atoms with Crippen molar-refractivity contribution in [2.45, 2.75) is 0 Å². The van der Waals surface area contributed by atoms with Crippen LogP contribution in [0.1, 0.15) is 0 Å². The molecule has 6 heteroatoms. The Kier molecular flexibility index (Phi) is 2.53. The summed E-state index contributed by atoms with van der Waals surface area (Å²) in [5.74, 6) is 0. The van der Waals surface area contributed by atoms with E-state index in [-0.39, 0.29) is 0 Å². The van der Waals surface area contributed by atoms with Crippen LogP contribution in [-0.2, 0) is 0 Å². The largest absolute Gasteiger partial charge is 0.374 e. The number of hydrogen-bond donors (Lipinski definition) is 2. The van der Waals surface area contributed by atoms with Crippen molar-refractivity contribution in [2.75, 3.05) is 17.8 Å². The summed E-state index contributed by atoms with van der Waals surface area (Å²) in [4.78, 5) is 0. The van der Waals surface area contributed by atoms with E-state index in [1.54, 1.807) is 19.2 Å². The van der Waals surface area contributed by atoms with E-state index in [4.69, 9.17) is 5.73 Å². The average molecular weight is 222 g/mol. The van der Waals surface area contributed by atoms with Crippen molar-refractivity contribution in [3.8, 4) is 10.6 Å². The smallest absolute Gasteiger partial charge is 0.203 e. The monoisotopic (exact) mass is 222 g/mol. The second kappa shape index (κ2) is 3.84. The minimum absolute atomic E-state index is 0.452. The molecule has 0 radical (unpaired) electrons. The molecule has 0 amide bonds. The quantitative estimate of drug-likeness (QED) is 0.755. The van der Waals surface area contributed by atoms with Crippen LogP contribution in [0.3, 0.4) is 0 Å². The van der Waals surface area contributed by atoms with Gasteiger partial charge in [-0.3, -0.25) is 10.3 Å². The third-order valence-corrected chi connectivity index (χ3v) is 2.73. The average Bonchev–Trinajstić information content (AvgIpc) is 2.65. The van der Waals surface area contributed by atoms with Crippen LogP contribution in [0.25, 0.3) is 10.6 Å². The number of nitrogens with two attached hydrogens (primary N) is 1. The third-order valence-electron chi connectivity index (χ3n) is 1.93. The number of rotatable bonds is 2. The molecule has 2 aromatic rings. The Hall–Kier alpha value is -1.66. The van der Waals surface area contributed by atoms with Gasteiger partial charge in [-0.2, -0.15) is 0 Å². The lowest BCUT2D eigenvalue weighted by atomic mass is 10.2. The molecular formula is C9H10N4OS. The summed E-state index contributed by atoms with van der Waals surface area (Å²) in [6, 6.07) is 7.32. The fraction of sp³-hybridized carbons (Fsp3) is 0.111. The van der Waals surface area contributed by atoms with Gasteiger partial charge in [-0.15, -0.1) is 10.2 Å². The van der Waals surface area contributed by atoms with Crippen molar-refractivity contribution in [3.05, 3.63) is 24.3 Å². The van der Waals surface area contributed by atoms with Gasteiger partial charge in [0.25, 0.3) is 0 Å². The number of benzene rings is 1. The molecule has 0 spiro atoms. The lowest BCUT2D eigenvalue weighted by Crippen LogP contribution is -2.09. The lowest BCUT2D eigenvalue weighted by Gasteiger charge is -2.09. The lowest BCUT2D eigenvalue weighted by molar-refractivity contribution is 0.279. The highest BCUT2D eigenvalue weighted by atomic mass is 32.1. The zero-order valence-electron chi connectivity index (χ0n) is 8.08. The summed E-state index contributed by atoms with van der Waals surface area (Å²) in [6.07, 6.45) is 0. The number of nitrogen functional groups attached to an aromatic ring is 1. The first-order valence-electron chi connectivity index (χ1n) is 4.29. The molecule has 2 rings (SSSR count). The Balaban J connectivity index is 2.31. The summed E-state index contributed by atoms with van der Waals surface area (Å²) in [7, 11) is 1.57. The zero-order valence-corrected chi connectivity index (χ0v) is 8.90. The van der Waals surface area contributed by atoms with Crippen molar-refractivity contribution in [3.63, 3.8) is 0 Å². The van der Waals surface area contributed by atoms with Gasteiger partial charge in [-0.05, 0) is 24.3 Å². The van der Waals surface area contributed by atoms with E-state index in [0.717, 1.165) is 21.3 Å². The normalized spacial score (nSPS) is 10.3. The molecule has 1 aromatic heterocycles. The molecule has 5 nitrogen and oxygen atoms in total. The molecule has 0 fully saturated rings. The minimum Gasteiger partial charge on any atom is -0.374 e. The van der Waals surface area contributed by atoms with E-state index in [2.05, 4.69) is 10.2 Å². The minimum atomic E-state index is 0.452. The SMILES string of the molecule is CN(O)c1ccc(-c2nnc(N)s2)cc1. The summed E-state index contributed by atoms with van der Waals surface area (Å²) >= 11 is 1.33. The van der Waals surface area contributed by atoms with E-state index in [9.17, 15) is 5.21 Å². The summed E-state index contributed by atoms with van der Waals surface area (Å²) in [5.41, 5.74) is 7.15. The predicted molar refractivity (Wildman–Crippen MR) is 59.9 cm³/mol. The first-order valence-corrected chi connectivity index (χ1v) is 5.10. The molecule has 0 aliphatic carbocycles. The maximum Gasteiger partial charge on any atom is 0.203 e. The van der Waals surface area contributed by atoms with Crippen LogP contribution in [-0.4, -0.2) is 22.5 Å². The predicted octanol–water partition coefficient (Wildman–Crippen LogP) is 1.61. The fourth-order valence-corrected chi connectivity index (χ4v) is 1.79. The molecule has 0 atom stereocenters. The molecule has 0 aliphatic heterocycles. The number of hydrogen-bond acceptors (Lipinski definition) is 6. The van der Waals surface area contributed by atoms with Gasteiger partial charge in [-0.25, -0.2) is 0 Å². The van der Waals surface area contributed by atoms with E-state index in [1.165, 1.54) is 11.3 Å². The Morgan fingerprint density at radius 1 is 1.27 bits per heavy atom. The Bertz CT molecular complexity index is 451. The van der Waals surface area contributed by atoms with Gasteiger partial charge < -0.3 is 5.73 Å². The molecule has 15 heavy (non-hydrogen) atoms. The molecule has 1 heterocycles. The topological polar surface area (TPSA) is 75.3 Å². The second-order valence-electron chi connectivity index (χ2n) is 3.02. The molecule has 0 bridgehead atoms. The molecule has 1 aromatic carbocycles. The Labute approximate surface area is 90.7 Å². The van der Waals surface area contributed by atoms with Gasteiger partial charge in [0.05, 0.1) is 5.69 Å². The van der Waals surface area contributed by atoms with Gasteiger partial charge in [0.1, 0.15) is 5.01 Å². The summed E-state index contributed by atoms with van der Waals surface area (Å²) in [6.45, 7) is 0. The van der Waals surface area contributed by atoms with E-state index in [1.807, 2.05) is 12.1 Å². The van der Waals surface area contributed by atoms with Crippen LogP contribution in [0.2, 0.25) is 0 Å². The molecule has 78 valence electrons. The van der Waals surface area contributed by atoms with Gasteiger partial charge in [0.2, 0.25) is 5.13 Å². The number of nitrogens with zero attached hydrogens (tertiary/aromatic N) is 3. The number of aromatic nitrogens is 2.